The molecule has 0 atom stereocenters. The van der Waals surface area contributed by atoms with E-state index in [1.807, 2.05) is 54.6 Å². The van der Waals surface area contributed by atoms with Crippen LogP contribution in [0.5, 0.6) is 0 Å². The van der Waals surface area contributed by atoms with Crippen LogP contribution >= 0.6 is 0 Å². The highest BCUT2D eigenvalue weighted by Gasteiger charge is 2.31. The minimum atomic E-state index is -0.638. The van der Waals surface area contributed by atoms with Gasteiger partial charge in [0.1, 0.15) is 0 Å². The quantitative estimate of drug-likeness (QED) is 0.536. The zero-order valence-electron chi connectivity index (χ0n) is 8.39. The number of hydrogen-bond acceptors (Lipinski definition) is 1. The average molecular weight is 196 g/mol. The molecule has 1 aliphatic carbocycles. The van der Waals surface area contributed by atoms with E-state index in [1.54, 1.807) is 6.08 Å². The first-order chi connectivity index (χ1) is 7.28. The topological polar surface area (TPSA) is 17.1 Å². The van der Waals surface area contributed by atoms with E-state index in [2.05, 4.69) is 6.58 Å². The minimum Gasteiger partial charge on any atom is -0.292 e. The van der Waals surface area contributed by atoms with Gasteiger partial charge in [0.15, 0.2) is 5.78 Å². The van der Waals surface area contributed by atoms with Gasteiger partial charge in [0.05, 0.1) is 5.41 Å². The molecule has 0 N–H and O–H groups in total. The van der Waals surface area contributed by atoms with Crippen LogP contribution in [0.2, 0.25) is 0 Å². The van der Waals surface area contributed by atoms with Crippen LogP contribution in [0.4, 0.5) is 0 Å². The fourth-order valence-corrected chi connectivity index (χ4v) is 1.70. The van der Waals surface area contributed by atoms with Crippen molar-refractivity contribution < 1.29 is 4.79 Å². The maximum Gasteiger partial charge on any atom is 0.180 e. The molecule has 2 rings (SSSR count). The highest BCUT2D eigenvalue weighted by atomic mass is 16.1. The first kappa shape index (κ1) is 9.66. The lowest BCUT2D eigenvalue weighted by atomic mass is 9.82. The molecule has 1 heteroatoms. The molecule has 0 bridgehead atoms. The maximum absolute atomic E-state index is 12.2. The lowest BCUT2D eigenvalue weighted by molar-refractivity contribution is 0.0928. The predicted octanol–water partition coefficient (Wildman–Crippen LogP) is 3.17. The molecule has 0 fully saturated rings. The van der Waals surface area contributed by atoms with Crippen molar-refractivity contribution in [1.82, 2.24) is 0 Å². The number of carbonyl (C=O) groups excluding carboxylic acids is 1. The molecule has 0 radical (unpaired) electrons. The first-order valence-corrected chi connectivity index (χ1v) is 4.89. The number of rotatable bonds is 3. The van der Waals surface area contributed by atoms with E-state index in [0.29, 0.717) is 5.56 Å². The second kappa shape index (κ2) is 3.70. The number of Topliss-reactive ketones (excluding diaryl/α,β-unsaturated/α-hetero) is 1. The van der Waals surface area contributed by atoms with E-state index in [9.17, 15) is 4.79 Å². The Hall–Kier alpha value is -1.89. The van der Waals surface area contributed by atoms with Gasteiger partial charge in [0.2, 0.25) is 0 Å². The van der Waals surface area contributed by atoms with Gasteiger partial charge in [-0.05, 0) is 0 Å². The monoisotopic (exact) mass is 196 g/mol. The van der Waals surface area contributed by atoms with E-state index < -0.39 is 5.41 Å². The standard InChI is InChI=1S/C14H12O/c1-2-14(10-6-7-11-14)13(15)12-8-4-3-5-9-12/h2-11H,1H2. The van der Waals surface area contributed by atoms with Gasteiger partial charge in [-0.25, -0.2) is 0 Å². The molecule has 1 aliphatic rings. The van der Waals surface area contributed by atoms with Crippen LogP contribution in [0.1, 0.15) is 10.4 Å². The number of benzene rings is 1. The first-order valence-electron chi connectivity index (χ1n) is 4.89. The van der Waals surface area contributed by atoms with Crippen LogP contribution in [0.3, 0.4) is 0 Å². The number of carbonyl (C=O) groups is 1. The molecule has 0 aromatic heterocycles. The molecule has 74 valence electrons. The number of hydrogen-bond donors (Lipinski definition) is 0. The third-order valence-corrected chi connectivity index (χ3v) is 2.62. The van der Waals surface area contributed by atoms with Crippen molar-refractivity contribution in [3.05, 3.63) is 72.9 Å². The van der Waals surface area contributed by atoms with Crippen LogP contribution < -0.4 is 0 Å². The van der Waals surface area contributed by atoms with E-state index in [0.717, 1.165) is 0 Å². The maximum atomic E-state index is 12.2. The van der Waals surface area contributed by atoms with Crippen molar-refractivity contribution >= 4 is 5.78 Å². The molecule has 0 saturated heterocycles. The van der Waals surface area contributed by atoms with Gasteiger partial charge in [-0.1, -0.05) is 60.7 Å². The summed E-state index contributed by atoms with van der Waals surface area (Å²) < 4.78 is 0. The summed E-state index contributed by atoms with van der Waals surface area (Å²) in [5.41, 5.74) is 0.0788. The Labute approximate surface area is 89.4 Å². The van der Waals surface area contributed by atoms with Crippen molar-refractivity contribution in [3.8, 4) is 0 Å². The molecule has 0 heterocycles. The van der Waals surface area contributed by atoms with Gasteiger partial charge in [-0.3, -0.25) is 4.79 Å². The molecular formula is C14H12O. The Kier molecular flexibility index (Phi) is 2.38. The molecule has 0 unspecified atom stereocenters. The Balaban J connectivity index is 2.40. The summed E-state index contributed by atoms with van der Waals surface area (Å²) in [5, 5.41) is 0. The molecular weight excluding hydrogens is 184 g/mol. The summed E-state index contributed by atoms with van der Waals surface area (Å²) in [6.45, 7) is 3.74. The zero-order valence-corrected chi connectivity index (χ0v) is 8.39. The van der Waals surface area contributed by atoms with Crippen LogP contribution in [0, 0.1) is 5.41 Å². The second-order valence-corrected chi connectivity index (χ2v) is 3.55. The van der Waals surface area contributed by atoms with E-state index in [4.69, 9.17) is 0 Å². The molecule has 1 aromatic carbocycles. The Morgan fingerprint density at radius 3 is 2.27 bits per heavy atom. The fraction of sp³-hybridized carbons (Fsp3) is 0.0714. The van der Waals surface area contributed by atoms with Crippen molar-refractivity contribution in [1.29, 1.82) is 0 Å². The van der Waals surface area contributed by atoms with Crippen molar-refractivity contribution in [2.75, 3.05) is 0 Å². The molecule has 1 aromatic rings. The third-order valence-electron chi connectivity index (χ3n) is 2.62. The molecule has 0 saturated carbocycles. The van der Waals surface area contributed by atoms with Gasteiger partial charge in [0, 0.05) is 5.56 Å². The van der Waals surface area contributed by atoms with Gasteiger partial charge >= 0.3 is 0 Å². The highest BCUT2D eigenvalue weighted by Crippen LogP contribution is 2.31. The van der Waals surface area contributed by atoms with E-state index >= 15 is 0 Å². The van der Waals surface area contributed by atoms with Crippen LogP contribution in [-0.2, 0) is 0 Å². The van der Waals surface area contributed by atoms with Crippen molar-refractivity contribution in [2.45, 2.75) is 0 Å². The highest BCUT2D eigenvalue weighted by molar-refractivity contribution is 6.04. The van der Waals surface area contributed by atoms with Gasteiger partial charge in [-0.2, -0.15) is 0 Å². The largest absolute Gasteiger partial charge is 0.292 e. The van der Waals surface area contributed by atoms with E-state index in [-0.39, 0.29) is 5.78 Å². The SMILES string of the molecule is C=CC1(C(=O)c2ccccc2)C=CC=C1. The summed E-state index contributed by atoms with van der Waals surface area (Å²) >= 11 is 0. The van der Waals surface area contributed by atoms with Gasteiger partial charge < -0.3 is 0 Å². The second-order valence-electron chi connectivity index (χ2n) is 3.55. The predicted molar refractivity (Wildman–Crippen MR) is 61.7 cm³/mol. The smallest absolute Gasteiger partial charge is 0.180 e. The van der Waals surface area contributed by atoms with Gasteiger partial charge in [0.25, 0.3) is 0 Å². The molecule has 0 amide bonds. The minimum absolute atomic E-state index is 0.0723. The lowest BCUT2D eigenvalue weighted by Crippen LogP contribution is -2.23. The number of allylic oxidation sites excluding steroid dienone is 5. The van der Waals surface area contributed by atoms with Crippen molar-refractivity contribution in [2.24, 2.45) is 5.41 Å². The molecule has 0 aliphatic heterocycles. The van der Waals surface area contributed by atoms with Crippen LogP contribution in [0.15, 0.2) is 67.3 Å². The average Bonchev–Trinajstić information content (AvgIpc) is 2.79. The molecule has 0 spiro atoms. The Morgan fingerprint density at radius 2 is 1.73 bits per heavy atom. The molecule has 1 nitrogen and oxygen atoms in total. The summed E-state index contributed by atoms with van der Waals surface area (Å²) in [6.07, 6.45) is 9.18. The van der Waals surface area contributed by atoms with Crippen molar-refractivity contribution in [3.63, 3.8) is 0 Å². The molecule has 15 heavy (non-hydrogen) atoms. The summed E-state index contributed by atoms with van der Waals surface area (Å²) in [4.78, 5) is 12.2. The fourth-order valence-electron chi connectivity index (χ4n) is 1.70. The third kappa shape index (κ3) is 1.57. The number of ketones is 1. The van der Waals surface area contributed by atoms with E-state index in [1.165, 1.54) is 0 Å². The Bertz CT molecular complexity index is 426. The zero-order chi connectivity index (χ0) is 10.7. The summed E-state index contributed by atoms with van der Waals surface area (Å²) in [6, 6.07) is 9.29. The van der Waals surface area contributed by atoms with Crippen LogP contribution in [0.25, 0.3) is 0 Å². The van der Waals surface area contributed by atoms with Gasteiger partial charge in [-0.15, -0.1) is 6.58 Å². The lowest BCUT2D eigenvalue weighted by Gasteiger charge is -2.18. The summed E-state index contributed by atoms with van der Waals surface area (Å²) in [7, 11) is 0. The van der Waals surface area contributed by atoms with Crippen LogP contribution in [-0.4, -0.2) is 5.78 Å². The summed E-state index contributed by atoms with van der Waals surface area (Å²) in [5.74, 6) is 0.0723. The normalized spacial score (nSPS) is 16.5. The Morgan fingerprint density at radius 1 is 1.13 bits per heavy atom.